The van der Waals surface area contributed by atoms with Gasteiger partial charge in [0, 0.05) is 9.79 Å². The van der Waals surface area contributed by atoms with Gasteiger partial charge in [-0.15, -0.1) is 23.5 Å². The lowest BCUT2D eigenvalue weighted by atomic mass is 10.0. The Morgan fingerprint density at radius 2 is 1.04 bits per heavy atom. The second kappa shape index (κ2) is 10.9. The Kier molecular flexibility index (Phi) is 8.83. The van der Waals surface area contributed by atoms with Crippen molar-refractivity contribution in [2.24, 2.45) is 5.92 Å². The van der Waals surface area contributed by atoms with Gasteiger partial charge < -0.3 is 0 Å². The Bertz CT molecular complexity index is 518. The molecule has 0 bridgehead atoms. The van der Waals surface area contributed by atoms with E-state index in [9.17, 15) is 0 Å². The van der Waals surface area contributed by atoms with Gasteiger partial charge >= 0.3 is 0 Å². The first-order chi connectivity index (χ1) is 11.6. The quantitative estimate of drug-likeness (QED) is 0.321. The maximum atomic E-state index is 2.41. The molecular formula is C22H30S2. The van der Waals surface area contributed by atoms with Crippen molar-refractivity contribution in [1.29, 1.82) is 0 Å². The summed E-state index contributed by atoms with van der Waals surface area (Å²) in [5, 5.41) is 0. The predicted octanol–water partition coefficient (Wildman–Crippen LogP) is 7.38. The summed E-state index contributed by atoms with van der Waals surface area (Å²) in [7, 11) is 0. The van der Waals surface area contributed by atoms with Gasteiger partial charge in [0.05, 0.1) is 0 Å². The number of aryl methyl sites for hydroxylation is 2. The molecule has 2 aromatic rings. The minimum absolute atomic E-state index is 0.849. The zero-order valence-corrected chi connectivity index (χ0v) is 16.9. The molecule has 0 radical (unpaired) electrons. The van der Waals surface area contributed by atoms with Crippen LogP contribution in [-0.2, 0) is 0 Å². The van der Waals surface area contributed by atoms with Crippen molar-refractivity contribution in [2.75, 3.05) is 11.5 Å². The molecule has 0 saturated carbocycles. The van der Waals surface area contributed by atoms with Gasteiger partial charge in [0.1, 0.15) is 0 Å². The van der Waals surface area contributed by atoms with Crippen molar-refractivity contribution in [3.63, 3.8) is 0 Å². The normalized spacial score (nSPS) is 11.2. The molecule has 0 aliphatic carbocycles. The second-order valence-electron chi connectivity index (χ2n) is 6.71. The first-order valence-corrected chi connectivity index (χ1v) is 11.0. The first-order valence-electron chi connectivity index (χ1n) is 9.02. The van der Waals surface area contributed by atoms with Crippen LogP contribution in [0, 0.1) is 19.8 Å². The summed E-state index contributed by atoms with van der Waals surface area (Å²) < 4.78 is 0. The van der Waals surface area contributed by atoms with Crippen LogP contribution in [0.25, 0.3) is 0 Å². The molecule has 0 aliphatic rings. The molecule has 0 amide bonds. The molecule has 0 N–H and O–H groups in total. The molecule has 2 heteroatoms. The van der Waals surface area contributed by atoms with Gasteiger partial charge in [-0.3, -0.25) is 0 Å². The summed E-state index contributed by atoms with van der Waals surface area (Å²) in [6.07, 6.45) is 5.36. The van der Waals surface area contributed by atoms with E-state index in [1.165, 1.54) is 58.1 Å². The van der Waals surface area contributed by atoms with Crippen LogP contribution in [0.3, 0.4) is 0 Å². The number of benzene rings is 2. The molecule has 130 valence electrons. The van der Waals surface area contributed by atoms with Crippen molar-refractivity contribution >= 4 is 23.5 Å². The van der Waals surface area contributed by atoms with E-state index in [2.05, 4.69) is 69.3 Å². The Morgan fingerprint density at radius 3 is 1.42 bits per heavy atom. The fraction of sp³-hybridized carbons (Fsp3) is 0.455. The third-order valence-electron chi connectivity index (χ3n) is 4.26. The van der Waals surface area contributed by atoms with Crippen LogP contribution in [-0.4, -0.2) is 11.5 Å². The van der Waals surface area contributed by atoms with Crippen molar-refractivity contribution in [2.45, 2.75) is 56.2 Å². The third kappa shape index (κ3) is 7.81. The van der Waals surface area contributed by atoms with Crippen LogP contribution in [0.5, 0.6) is 0 Å². The van der Waals surface area contributed by atoms with Crippen LogP contribution in [0.2, 0.25) is 0 Å². The van der Waals surface area contributed by atoms with Gasteiger partial charge in [0.15, 0.2) is 0 Å². The highest BCUT2D eigenvalue weighted by Gasteiger charge is 2.03. The Hall–Kier alpha value is -0.860. The summed E-state index contributed by atoms with van der Waals surface area (Å²) in [4.78, 5) is 2.81. The zero-order valence-electron chi connectivity index (χ0n) is 15.3. The maximum Gasteiger partial charge on any atom is 0.00721 e. The summed E-state index contributed by atoms with van der Waals surface area (Å²) >= 11 is 3.99. The third-order valence-corrected chi connectivity index (χ3v) is 6.46. The van der Waals surface area contributed by atoms with Crippen LogP contribution < -0.4 is 0 Å². The minimum Gasteiger partial charge on any atom is -0.126 e. The van der Waals surface area contributed by atoms with E-state index in [0.29, 0.717) is 0 Å². The summed E-state index contributed by atoms with van der Waals surface area (Å²) in [5.74, 6) is 3.33. The van der Waals surface area contributed by atoms with Crippen LogP contribution in [0.4, 0.5) is 0 Å². The summed E-state index contributed by atoms with van der Waals surface area (Å²) in [5.41, 5.74) is 2.69. The molecule has 0 unspecified atom stereocenters. The fourth-order valence-electron chi connectivity index (χ4n) is 2.66. The van der Waals surface area contributed by atoms with Gasteiger partial charge in [0.2, 0.25) is 0 Å². The minimum atomic E-state index is 0.849. The van der Waals surface area contributed by atoms with Gasteiger partial charge in [-0.1, -0.05) is 42.3 Å². The molecule has 0 aromatic heterocycles. The Morgan fingerprint density at radius 1 is 0.667 bits per heavy atom. The van der Waals surface area contributed by atoms with E-state index < -0.39 is 0 Å². The molecule has 0 saturated heterocycles. The summed E-state index contributed by atoms with van der Waals surface area (Å²) in [6, 6.07) is 17.8. The highest BCUT2D eigenvalue weighted by Crippen LogP contribution is 2.24. The van der Waals surface area contributed by atoms with E-state index in [1.54, 1.807) is 0 Å². The molecular weight excluding hydrogens is 328 g/mol. The van der Waals surface area contributed by atoms with Gasteiger partial charge in [-0.25, -0.2) is 0 Å². The van der Waals surface area contributed by atoms with Crippen LogP contribution >= 0.6 is 23.5 Å². The highest BCUT2D eigenvalue weighted by molar-refractivity contribution is 7.99. The maximum absolute atomic E-state index is 2.41. The average molecular weight is 359 g/mol. The van der Waals surface area contributed by atoms with Gasteiger partial charge in [0.25, 0.3) is 0 Å². The lowest BCUT2D eigenvalue weighted by molar-refractivity contribution is 0.484. The highest BCUT2D eigenvalue weighted by atomic mass is 32.2. The molecule has 2 rings (SSSR count). The molecule has 2 aromatic carbocycles. The van der Waals surface area contributed by atoms with E-state index >= 15 is 0 Å². The van der Waals surface area contributed by atoms with E-state index in [-0.39, 0.29) is 0 Å². The zero-order chi connectivity index (χ0) is 17.2. The molecule has 0 aliphatic heterocycles. The standard InChI is InChI=1S/C22H30S2/c1-18(6-4-16-23-21-12-8-19(2)9-13-21)7-5-17-24-22-14-10-20(3)11-15-22/h8-15,18H,4-7,16-17H2,1-3H3. The average Bonchev–Trinajstić information content (AvgIpc) is 2.59. The van der Waals surface area contributed by atoms with E-state index in [4.69, 9.17) is 0 Å². The lowest BCUT2D eigenvalue weighted by Crippen LogP contribution is -1.97. The van der Waals surface area contributed by atoms with Crippen molar-refractivity contribution in [3.8, 4) is 0 Å². The number of hydrogen-bond donors (Lipinski definition) is 0. The molecule has 24 heavy (non-hydrogen) atoms. The van der Waals surface area contributed by atoms with E-state index in [0.717, 1.165) is 5.92 Å². The van der Waals surface area contributed by atoms with Crippen LogP contribution in [0.15, 0.2) is 58.3 Å². The molecule has 0 spiro atoms. The largest absolute Gasteiger partial charge is 0.126 e. The van der Waals surface area contributed by atoms with Crippen molar-refractivity contribution in [3.05, 3.63) is 59.7 Å². The smallest absolute Gasteiger partial charge is 0.00721 e. The lowest BCUT2D eigenvalue weighted by Gasteiger charge is -2.11. The molecule has 0 fully saturated rings. The topological polar surface area (TPSA) is 0 Å². The van der Waals surface area contributed by atoms with Crippen LogP contribution in [0.1, 0.15) is 43.7 Å². The predicted molar refractivity (Wildman–Crippen MR) is 111 cm³/mol. The Balaban J connectivity index is 1.51. The van der Waals surface area contributed by atoms with Crippen molar-refractivity contribution < 1.29 is 0 Å². The molecule has 0 nitrogen and oxygen atoms in total. The van der Waals surface area contributed by atoms with Crippen molar-refractivity contribution in [1.82, 2.24) is 0 Å². The first kappa shape index (κ1) is 19.5. The van der Waals surface area contributed by atoms with E-state index in [1.807, 2.05) is 23.5 Å². The van der Waals surface area contributed by atoms with Gasteiger partial charge in [-0.05, 0) is 81.2 Å². The Labute approximate surface area is 156 Å². The molecule has 0 atom stereocenters. The number of thioether (sulfide) groups is 2. The second-order valence-corrected chi connectivity index (χ2v) is 9.05. The monoisotopic (exact) mass is 358 g/mol. The molecule has 0 heterocycles. The SMILES string of the molecule is Cc1ccc(SCCCC(C)CCCSc2ccc(C)cc2)cc1. The fourth-order valence-corrected chi connectivity index (χ4v) is 4.41. The number of hydrogen-bond acceptors (Lipinski definition) is 2. The summed E-state index contributed by atoms with van der Waals surface area (Å²) in [6.45, 7) is 6.70. The van der Waals surface area contributed by atoms with Gasteiger partial charge in [-0.2, -0.15) is 0 Å². The number of rotatable bonds is 10.